The van der Waals surface area contributed by atoms with Crippen LogP contribution in [0.2, 0.25) is 0 Å². The Kier molecular flexibility index (Phi) is 4.71. The topological polar surface area (TPSA) is 70.4 Å². The summed E-state index contributed by atoms with van der Waals surface area (Å²) >= 11 is 0. The quantitative estimate of drug-likeness (QED) is 0.778. The number of aromatic nitrogens is 2. The van der Waals surface area contributed by atoms with Crippen molar-refractivity contribution in [2.45, 2.75) is 13.0 Å². The van der Waals surface area contributed by atoms with Gasteiger partial charge in [-0.25, -0.2) is 9.78 Å². The van der Waals surface area contributed by atoms with Crippen molar-refractivity contribution in [2.24, 2.45) is 0 Å². The number of methoxy groups -OCH3 is 2. The fourth-order valence-electron chi connectivity index (χ4n) is 1.99. The standard InChI is InChI=1S/C15H16N2O4/c1-20-13(18)8-12-14(15(19)21-2)17(10-16-12)9-11-6-4-3-5-7-11/h3-7,10H,8-9H2,1-2H3. The predicted octanol–water partition coefficient (Wildman–Crippen LogP) is 1.43. The molecule has 0 aliphatic rings. The third-order valence-electron chi connectivity index (χ3n) is 3.03. The number of imidazole rings is 1. The number of carbonyl (C=O) groups is 2. The minimum atomic E-state index is -0.526. The van der Waals surface area contributed by atoms with E-state index in [1.165, 1.54) is 20.5 Å². The minimum Gasteiger partial charge on any atom is -0.469 e. The summed E-state index contributed by atoms with van der Waals surface area (Å²) in [5.41, 5.74) is 1.64. The molecule has 6 nitrogen and oxygen atoms in total. The number of hydrogen-bond acceptors (Lipinski definition) is 5. The van der Waals surface area contributed by atoms with Crippen molar-refractivity contribution < 1.29 is 19.1 Å². The van der Waals surface area contributed by atoms with Crippen molar-refractivity contribution in [1.82, 2.24) is 9.55 Å². The van der Waals surface area contributed by atoms with Gasteiger partial charge < -0.3 is 14.0 Å². The van der Waals surface area contributed by atoms with E-state index >= 15 is 0 Å². The van der Waals surface area contributed by atoms with Crippen LogP contribution in [0.4, 0.5) is 0 Å². The van der Waals surface area contributed by atoms with Gasteiger partial charge in [0.1, 0.15) is 0 Å². The first kappa shape index (κ1) is 14.8. The van der Waals surface area contributed by atoms with Gasteiger partial charge in [-0.15, -0.1) is 0 Å². The number of hydrogen-bond donors (Lipinski definition) is 0. The van der Waals surface area contributed by atoms with Crippen LogP contribution in [0.25, 0.3) is 0 Å². The monoisotopic (exact) mass is 288 g/mol. The molecule has 2 aromatic rings. The van der Waals surface area contributed by atoms with Gasteiger partial charge in [0.25, 0.3) is 0 Å². The van der Waals surface area contributed by atoms with Crippen LogP contribution in [-0.4, -0.2) is 35.7 Å². The van der Waals surface area contributed by atoms with E-state index in [1.807, 2.05) is 30.3 Å². The number of benzene rings is 1. The van der Waals surface area contributed by atoms with Gasteiger partial charge in [-0.05, 0) is 5.56 Å². The number of ether oxygens (including phenoxy) is 2. The molecule has 0 atom stereocenters. The summed E-state index contributed by atoms with van der Waals surface area (Å²) in [4.78, 5) is 27.5. The molecule has 0 unspecified atom stereocenters. The largest absolute Gasteiger partial charge is 0.469 e. The molecule has 1 heterocycles. The Labute approximate surface area is 122 Å². The van der Waals surface area contributed by atoms with E-state index in [-0.39, 0.29) is 12.1 Å². The van der Waals surface area contributed by atoms with Crippen LogP contribution in [0.15, 0.2) is 36.7 Å². The average molecular weight is 288 g/mol. The van der Waals surface area contributed by atoms with Gasteiger partial charge in [0.15, 0.2) is 5.69 Å². The van der Waals surface area contributed by atoms with E-state index in [4.69, 9.17) is 4.74 Å². The van der Waals surface area contributed by atoms with Crippen molar-refractivity contribution in [3.8, 4) is 0 Å². The summed E-state index contributed by atoms with van der Waals surface area (Å²) < 4.78 is 11.1. The Balaban J connectivity index is 2.32. The molecule has 1 aromatic heterocycles. The van der Waals surface area contributed by atoms with E-state index < -0.39 is 11.9 Å². The molecule has 0 amide bonds. The molecule has 0 fully saturated rings. The fraction of sp³-hybridized carbons (Fsp3) is 0.267. The molecule has 2 rings (SSSR count). The van der Waals surface area contributed by atoms with Crippen LogP contribution in [0, 0.1) is 0 Å². The molecule has 0 aliphatic heterocycles. The van der Waals surface area contributed by atoms with Crippen LogP contribution >= 0.6 is 0 Å². The highest BCUT2D eigenvalue weighted by molar-refractivity contribution is 5.90. The Morgan fingerprint density at radius 1 is 1.14 bits per heavy atom. The third-order valence-corrected chi connectivity index (χ3v) is 3.03. The second kappa shape index (κ2) is 6.69. The zero-order valence-corrected chi connectivity index (χ0v) is 11.9. The average Bonchev–Trinajstić information content (AvgIpc) is 2.89. The number of nitrogens with zero attached hydrogens (tertiary/aromatic N) is 2. The maximum absolute atomic E-state index is 11.9. The Bertz CT molecular complexity index is 634. The molecule has 0 spiro atoms. The zero-order chi connectivity index (χ0) is 15.2. The highest BCUT2D eigenvalue weighted by Gasteiger charge is 2.21. The zero-order valence-electron chi connectivity index (χ0n) is 11.9. The molecule has 0 radical (unpaired) electrons. The number of carbonyl (C=O) groups excluding carboxylic acids is 2. The molecular formula is C15H16N2O4. The maximum Gasteiger partial charge on any atom is 0.356 e. The van der Waals surface area contributed by atoms with Gasteiger partial charge in [0.05, 0.1) is 32.7 Å². The lowest BCUT2D eigenvalue weighted by Crippen LogP contribution is -2.15. The Morgan fingerprint density at radius 2 is 1.86 bits per heavy atom. The summed E-state index contributed by atoms with van der Waals surface area (Å²) in [5.74, 6) is -0.979. The summed E-state index contributed by atoms with van der Waals surface area (Å²) in [7, 11) is 2.59. The van der Waals surface area contributed by atoms with Crippen molar-refractivity contribution in [1.29, 1.82) is 0 Å². The summed E-state index contributed by atoms with van der Waals surface area (Å²) in [5, 5.41) is 0. The van der Waals surface area contributed by atoms with E-state index in [0.717, 1.165) is 5.56 Å². The van der Waals surface area contributed by atoms with E-state index in [1.54, 1.807) is 4.57 Å². The molecule has 0 bridgehead atoms. The van der Waals surface area contributed by atoms with Crippen LogP contribution in [-0.2, 0) is 27.2 Å². The molecule has 6 heteroatoms. The van der Waals surface area contributed by atoms with Crippen molar-refractivity contribution in [3.05, 3.63) is 53.6 Å². The van der Waals surface area contributed by atoms with Gasteiger partial charge in [-0.1, -0.05) is 30.3 Å². The smallest absolute Gasteiger partial charge is 0.356 e. The SMILES string of the molecule is COC(=O)Cc1ncn(Cc2ccccc2)c1C(=O)OC. The molecule has 0 saturated heterocycles. The third kappa shape index (κ3) is 3.47. The summed E-state index contributed by atoms with van der Waals surface area (Å²) in [6.07, 6.45) is 1.46. The molecule has 0 aliphatic carbocycles. The first-order chi connectivity index (χ1) is 10.2. The molecular weight excluding hydrogens is 272 g/mol. The van der Waals surface area contributed by atoms with E-state index in [0.29, 0.717) is 12.2 Å². The molecule has 21 heavy (non-hydrogen) atoms. The van der Waals surface area contributed by atoms with Crippen molar-refractivity contribution >= 4 is 11.9 Å². The summed E-state index contributed by atoms with van der Waals surface area (Å²) in [6.45, 7) is 0.472. The molecule has 1 aromatic carbocycles. The van der Waals surface area contributed by atoms with Crippen LogP contribution < -0.4 is 0 Å². The normalized spacial score (nSPS) is 10.2. The molecule has 110 valence electrons. The number of esters is 2. The van der Waals surface area contributed by atoms with Gasteiger partial charge in [0, 0.05) is 6.54 Å². The van der Waals surface area contributed by atoms with Crippen LogP contribution in [0.3, 0.4) is 0 Å². The van der Waals surface area contributed by atoms with E-state index in [9.17, 15) is 9.59 Å². The minimum absolute atomic E-state index is 0.0667. The second-order valence-electron chi connectivity index (χ2n) is 4.40. The lowest BCUT2D eigenvalue weighted by atomic mass is 10.2. The van der Waals surface area contributed by atoms with E-state index in [2.05, 4.69) is 9.72 Å². The van der Waals surface area contributed by atoms with Crippen LogP contribution in [0.5, 0.6) is 0 Å². The summed E-state index contributed by atoms with van der Waals surface area (Å²) in [6, 6.07) is 9.64. The highest BCUT2D eigenvalue weighted by Crippen LogP contribution is 2.13. The first-order valence-electron chi connectivity index (χ1n) is 6.38. The fourth-order valence-corrected chi connectivity index (χ4v) is 1.99. The highest BCUT2D eigenvalue weighted by atomic mass is 16.5. The lowest BCUT2D eigenvalue weighted by molar-refractivity contribution is -0.139. The van der Waals surface area contributed by atoms with Gasteiger partial charge >= 0.3 is 11.9 Å². The van der Waals surface area contributed by atoms with Gasteiger partial charge in [-0.3, -0.25) is 4.79 Å². The maximum atomic E-state index is 11.9. The predicted molar refractivity (Wildman–Crippen MR) is 74.8 cm³/mol. The lowest BCUT2D eigenvalue weighted by Gasteiger charge is -2.08. The molecule has 0 N–H and O–H groups in total. The van der Waals surface area contributed by atoms with Crippen molar-refractivity contribution in [2.75, 3.05) is 14.2 Å². The van der Waals surface area contributed by atoms with Crippen molar-refractivity contribution in [3.63, 3.8) is 0 Å². The Hall–Kier alpha value is -2.63. The Morgan fingerprint density at radius 3 is 2.48 bits per heavy atom. The van der Waals surface area contributed by atoms with Gasteiger partial charge in [-0.2, -0.15) is 0 Å². The number of rotatable bonds is 5. The first-order valence-corrected chi connectivity index (χ1v) is 6.38. The van der Waals surface area contributed by atoms with Crippen LogP contribution in [0.1, 0.15) is 21.7 Å². The van der Waals surface area contributed by atoms with Gasteiger partial charge in [0.2, 0.25) is 0 Å². The second-order valence-corrected chi connectivity index (χ2v) is 4.40. The molecule has 0 saturated carbocycles.